The van der Waals surface area contributed by atoms with Crippen LogP contribution in [0.1, 0.15) is 13.8 Å². The first kappa shape index (κ1) is 14.7. The normalized spacial score (nSPS) is 25.5. The van der Waals surface area contributed by atoms with E-state index in [-0.39, 0.29) is 35.2 Å². The molecule has 0 amide bonds. The maximum absolute atomic E-state index is 13.8. The Morgan fingerprint density at radius 3 is 2.42 bits per heavy atom. The van der Waals surface area contributed by atoms with Crippen molar-refractivity contribution < 1.29 is 17.5 Å². The third kappa shape index (κ3) is 3.08. The Bertz CT molecular complexity index is 568. The fraction of sp³-hybridized carbons (Fsp3) is 0.500. The summed E-state index contributed by atoms with van der Waals surface area (Å²) in [5, 5.41) is 0.167. The van der Waals surface area contributed by atoms with Crippen LogP contribution in [0.25, 0.3) is 0 Å². The zero-order valence-electron chi connectivity index (χ0n) is 10.6. The average molecular weight is 308 g/mol. The molecule has 19 heavy (non-hydrogen) atoms. The summed E-state index contributed by atoms with van der Waals surface area (Å²) in [7, 11) is -3.86. The number of hydrogen-bond donors (Lipinski definition) is 0. The van der Waals surface area contributed by atoms with Crippen LogP contribution in [0.5, 0.6) is 0 Å². The predicted molar refractivity (Wildman–Crippen MR) is 70.2 cm³/mol. The molecule has 1 heterocycles. The minimum absolute atomic E-state index is 0.167. The SMILES string of the molecule is CC1CN(S(=O)(=O)c2ccc(Cl)cc2F)CC(C)O1. The van der Waals surface area contributed by atoms with Crippen LogP contribution in [0, 0.1) is 5.82 Å². The van der Waals surface area contributed by atoms with Crippen molar-refractivity contribution in [1.29, 1.82) is 0 Å². The van der Waals surface area contributed by atoms with Crippen molar-refractivity contribution in [2.45, 2.75) is 31.0 Å². The van der Waals surface area contributed by atoms with Crippen molar-refractivity contribution in [2.75, 3.05) is 13.1 Å². The molecular formula is C12H15ClFNO3S. The number of ether oxygens (including phenoxy) is 1. The Labute approximate surface area is 117 Å². The molecule has 0 radical (unpaired) electrons. The number of morpholine rings is 1. The van der Waals surface area contributed by atoms with E-state index < -0.39 is 15.8 Å². The maximum atomic E-state index is 13.8. The predicted octanol–water partition coefficient (Wildman–Crippen LogP) is 2.28. The lowest BCUT2D eigenvalue weighted by Gasteiger charge is -2.34. The Kier molecular flexibility index (Phi) is 4.15. The van der Waals surface area contributed by atoms with Crippen LogP contribution in [0.2, 0.25) is 5.02 Å². The van der Waals surface area contributed by atoms with E-state index >= 15 is 0 Å². The largest absolute Gasteiger partial charge is 0.373 e. The molecule has 1 aromatic carbocycles. The monoisotopic (exact) mass is 307 g/mol. The number of benzene rings is 1. The Balaban J connectivity index is 2.36. The fourth-order valence-corrected chi connectivity index (χ4v) is 3.95. The zero-order valence-corrected chi connectivity index (χ0v) is 12.2. The molecule has 7 heteroatoms. The van der Waals surface area contributed by atoms with Gasteiger partial charge >= 0.3 is 0 Å². The first-order chi connectivity index (χ1) is 8.80. The second-order valence-corrected chi connectivity index (χ2v) is 7.00. The van der Waals surface area contributed by atoms with E-state index in [1.807, 2.05) is 0 Å². The van der Waals surface area contributed by atoms with E-state index in [9.17, 15) is 12.8 Å². The second-order valence-electron chi connectivity index (χ2n) is 4.65. The lowest BCUT2D eigenvalue weighted by atomic mass is 10.3. The van der Waals surface area contributed by atoms with Gasteiger partial charge in [-0.25, -0.2) is 12.8 Å². The molecule has 0 aromatic heterocycles. The quantitative estimate of drug-likeness (QED) is 0.842. The first-order valence-corrected chi connectivity index (χ1v) is 7.73. The third-order valence-corrected chi connectivity index (χ3v) is 5.00. The molecule has 0 spiro atoms. The highest BCUT2D eigenvalue weighted by atomic mass is 35.5. The summed E-state index contributed by atoms with van der Waals surface area (Å²) >= 11 is 5.63. The smallest absolute Gasteiger partial charge is 0.246 e. The number of sulfonamides is 1. The molecule has 1 aliphatic rings. The number of rotatable bonds is 2. The van der Waals surface area contributed by atoms with Crippen LogP contribution < -0.4 is 0 Å². The first-order valence-electron chi connectivity index (χ1n) is 5.91. The second kappa shape index (κ2) is 5.36. The van der Waals surface area contributed by atoms with Crippen LogP contribution in [0.4, 0.5) is 4.39 Å². The number of nitrogens with zero attached hydrogens (tertiary/aromatic N) is 1. The van der Waals surface area contributed by atoms with Crippen LogP contribution in [0.15, 0.2) is 23.1 Å². The van der Waals surface area contributed by atoms with Crippen LogP contribution in [-0.2, 0) is 14.8 Å². The van der Waals surface area contributed by atoms with Gasteiger partial charge in [0.05, 0.1) is 12.2 Å². The van der Waals surface area contributed by atoms with Crippen molar-refractivity contribution in [2.24, 2.45) is 0 Å². The average Bonchev–Trinajstić information content (AvgIpc) is 2.26. The molecular weight excluding hydrogens is 293 g/mol. The minimum Gasteiger partial charge on any atom is -0.373 e. The van der Waals surface area contributed by atoms with Gasteiger partial charge < -0.3 is 4.74 Å². The molecule has 2 atom stereocenters. The van der Waals surface area contributed by atoms with Crippen LogP contribution in [0.3, 0.4) is 0 Å². The van der Waals surface area contributed by atoms with Gasteiger partial charge in [0.1, 0.15) is 10.7 Å². The van der Waals surface area contributed by atoms with Gasteiger partial charge in [-0.15, -0.1) is 0 Å². The highest BCUT2D eigenvalue weighted by Gasteiger charge is 2.33. The molecule has 4 nitrogen and oxygen atoms in total. The van der Waals surface area contributed by atoms with Crippen LogP contribution in [-0.4, -0.2) is 38.0 Å². The molecule has 1 saturated heterocycles. The van der Waals surface area contributed by atoms with E-state index in [2.05, 4.69) is 0 Å². The van der Waals surface area contributed by atoms with Crippen molar-refractivity contribution >= 4 is 21.6 Å². The maximum Gasteiger partial charge on any atom is 0.246 e. The fourth-order valence-electron chi connectivity index (χ4n) is 2.15. The van der Waals surface area contributed by atoms with E-state index in [1.54, 1.807) is 13.8 Å². The molecule has 1 fully saturated rings. The summed E-state index contributed by atoms with van der Waals surface area (Å²) < 4.78 is 45.3. The van der Waals surface area contributed by atoms with Gasteiger partial charge in [0, 0.05) is 18.1 Å². The molecule has 1 aliphatic heterocycles. The van der Waals surface area contributed by atoms with Crippen LogP contribution >= 0.6 is 11.6 Å². The van der Waals surface area contributed by atoms with Crippen molar-refractivity contribution in [3.63, 3.8) is 0 Å². The Hall–Kier alpha value is -0.690. The third-order valence-electron chi connectivity index (χ3n) is 2.90. The molecule has 0 N–H and O–H groups in total. The van der Waals surface area contributed by atoms with Gasteiger partial charge in [0.15, 0.2) is 0 Å². The van der Waals surface area contributed by atoms with Gasteiger partial charge in [0.25, 0.3) is 0 Å². The summed E-state index contributed by atoms with van der Waals surface area (Å²) in [4.78, 5) is -0.349. The molecule has 1 aromatic rings. The van der Waals surface area contributed by atoms with Crippen molar-refractivity contribution in [3.8, 4) is 0 Å². The lowest BCUT2D eigenvalue weighted by molar-refractivity contribution is -0.0441. The molecule has 0 aliphatic carbocycles. The number of halogens is 2. The van der Waals surface area contributed by atoms with Gasteiger partial charge in [-0.2, -0.15) is 4.31 Å². The van der Waals surface area contributed by atoms with E-state index in [0.717, 1.165) is 6.07 Å². The summed E-state index contributed by atoms with van der Waals surface area (Å²) in [6, 6.07) is 3.56. The Morgan fingerprint density at radius 1 is 1.32 bits per heavy atom. The Morgan fingerprint density at radius 2 is 1.89 bits per heavy atom. The highest BCUT2D eigenvalue weighted by molar-refractivity contribution is 7.89. The van der Waals surface area contributed by atoms with E-state index in [0.29, 0.717) is 0 Å². The molecule has 0 bridgehead atoms. The summed E-state index contributed by atoms with van der Waals surface area (Å²) in [6.07, 6.45) is -0.428. The number of hydrogen-bond acceptors (Lipinski definition) is 3. The topological polar surface area (TPSA) is 46.6 Å². The van der Waals surface area contributed by atoms with Crippen molar-refractivity contribution in [3.05, 3.63) is 29.0 Å². The standard InChI is InChI=1S/C12H15ClFNO3S/c1-8-6-15(7-9(2)18-8)19(16,17)12-4-3-10(13)5-11(12)14/h3-5,8-9H,6-7H2,1-2H3. The summed E-state index contributed by atoms with van der Waals surface area (Å²) in [5.74, 6) is -0.834. The van der Waals surface area contributed by atoms with Gasteiger partial charge in [-0.1, -0.05) is 11.6 Å². The molecule has 0 saturated carbocycles. The van der Waals surface area contributed by atoms with Crippen molar-refractivity contribution in [1.82, 2.24) is 4.31 Å². The highest BCUT2D eigenvalue weighted by Crippen LogP contribution is 2.25. The summed E-state index contributed by atoms with van der Waals surface area (Å²) in [6.45, 7) is 4.01. The van der Waals surface area contributed by atoms with Gasteiger partial charge in [0.2, 0.25) is 10.0 Å². The zero-order chi connectivity index (χ0) is 14.2. The summed E-state index contributed by atoms with van der Waals surface area (Å²) in [5.41, 5.74) is 0. The lowest BCUT2D eigenvalue weighted by Crippen LogP contribution is -2.48. The van der Waals surface area contributed by atoms with E-state index in [4.69, 9.17) is 16.3 Å². The minimum atomic E-state index is -3.86. The van der Waals surface area contributed by atoms with Gasteiger partial charge in [-0.05, 0) is 32.0 Å². The molecule has 2 rings (SSSR count). The molecule has 106 valence electrons. The van der Waals surface area contributed by atoms with Gasteiger partial charge in [-0.3, -0.25) is 0 Å². The molecule has 2 unspecified atom stereocenters. The van der Waals surface area contributed by atoms with E-state index in [1.165, 1.54) is 16.4 Å².